The zero-order chi connectivity index (χ0) is 12.8. The molecule has 2 N–H and O–H groups in total. The summed E-state index contributed by atoms with van der Waals surface area (Å²) in [6, 6.07) is 0.669. The molecule has 0 spiro atoms. The molecule has 4 heteroatoms. The van der Waals surface area contributed by atoms with Crippen molar-refractivity contribution in [1.29, 1.82) is 0 Å². The van der Waals surface area contributed by atoms with E-state index in [1.54, 1.807) is 0 Å². The lowest BCUT2D eigenvalue weighted by Gasteiger charge is -2.32. The molecule has 0 aromatic heterocycles. The quantitative estimate of drug-likeness (QED) is 0.711. The molecule has 0 aromatic carbocycles. The van der Waals surface area contributed by atoms with Crippen LogP contribution >= 0.6 is 0 Å². The number of nitrogens with zero attached hydrogens (tertiary/aromatic N) is 1. The number of carboxylic acids is 1. The SMILES string of the molecule is CC(C)CN(CC1CCCN1)C(C)CC(=O)O. The maximum absolute atomic E-state index is 10.8. The van der Waals surface area contributed by atoms with Gasteiger partial charge in [0.25, 0.3) is 0 Å². The van der Waals surface area contributed by atoms with Crippen molar-refractivity contribution in [2.24, 2.45) is 5.92 Å². The third-order valence-corrected chi connectivity index (χ3v) is 3.31. The maximum Gasteiger partial charge on any atom is 0.304 e. The Bertz CT molecular complexity index is 238. The summed E-state index contributed by atoms with van der Waals surface area (Å²) in [5.74, 6) is -0.127. The minimum Gasteiger partial charge on any atom is -0.481 e. The van der Waals surface area contributed by atoms with Gasteiger partial charge in [0, 0.05) is 25.2 Å². The van der Waals surface area contributed by atoms with Gasteiger partial charge in [-0.15, -0.1) is 0 Å². The lowest BCUT2D eigenvalue weighted by molar-refractivity contribution is -0.138. The van der Waals surface area contributed by atoms with Crippen molar-refractivity contribution in [1.82, 2.24) is 10.2 Å². The van der Waals surface area contributed by atoms with Crippen LogP contribution in [0.1, 0.15) is 40.0 Å². The highest BCUT2D eigenvalue weighted by atomic mass is 16.4. The van der Waals surface area contributed by atoms with E-state index in [4.69, 9.17) is 5.11 Å². The summed E-state index contributed by atoms with van der Waals surface area (Å²) in [5, 5.41) is 12.4. The second-order valence-electron chi connectivity index (χ2n) is 5.59. The molecular formula is C13H26N2O2. The van der Waals surface area contributed by atoms with E-state index in [-0.39, 0.29) is 12.5 Å². The monoisotopic (exact) mass is 242 g/mol. The number of hydrogen-bond donors (Lipinski definition) is 2. The summed E-state index contributed by atoms with van der Waals surface area (Å²) in [6.45, 7) is 9.45. The first-order chi connectivity index (χ1) is 7.99. The summed E-state index contributed by atoms with van der Waals surface area (Å²) in [5.41, 5.74) is 0. The molecule has 0 amide bonds. The van der Waals surface area contributed by atoms with Gasteiger partial charge in [0.1, 0.15) is 0 Å². The topological polar surface area (TPSA) is 52.6 Å². The summed E-state index contributed by atoms with van der Waals surface area (Å²) >= 11 is 0. The van der Waals surface area contributed by atoms with E-state index >= 15 is 0 Å². The molecule has 0 radical (unpaired) electrons. The summed E-state index contributed by atoms with van der Waals surface area (Å²) in [4.78, 5) is 13.1. The molecule has 1 saturated heterocycles. The zero-order valence-electron chi connectivity index (χ0n) is 11.3. The van der Waals surface area contributed by atoms with Crippen LogP contribution in [0.25, 0.3) is 0 Å². The van der Waals surface area contributed by atoms with Gasteiger partial charge in [0.15, 0.2) is 0 Å². The van der Waals surface area contributed by atoms with Crippen molar-refractivity contribution in [3.63, 3.8) is 0 Å². The molecule has 2 atom stereocenters. The van der Waals surface area contributed by atoms with Crippen LogP contribution in [0, 0.1) is 5.92 Å². The van der Waals surface area contributed by atoms with Gasteiger partial charge >= 0.3 is 5.97 Å². The Morgan fingerprint density at radius 2 is 2.18 bits per heavy atom. The highest BCUT2D eigenvalue weighted by molar-refractivity contribution is 5.67. The number of carboxylic acid groups (broad SMARTS) is 1. The standard InChI is InChI=1S/C13H26N2O2/c1-10(2)8-15(11(3)7-13(16)17)9-12-5-4-6-14-12/h10-12,14H,4-9H2,1-3H3,(H,16,17). The van der Waals surface area contributed by atoms with Crippen LogP contribution in [0.5, 0.6) is 0 Å². The van der Waals surface area contributed by atoms with Crippen molar-refractivity contribution in [2.45, 2.75) is 52.1 Å². The van der Waals surface area contributed by atoms with Crippen LogP contribution in [0.2, 0.25) is 0 Å². The van der Waals surface area contributed by atoms with E-state index < -0.39 is 5.97 Å². The minimum atomic E-state index is -0.703. The van der Waals surface area contributed by atoms with Crippen molar-refractivity contribution in [3.05, 3.63) is 0 Å². The second-order valence-corrected chi connectivity index (χ2v) is 5.59. The molecule has 4 nitrogen and oxygen atoms in total. The largest absolute Gasteiger partial charge is 0.481 e. The lowest BCUT2D eigenvalue weighted by atomic mass is 10.1. The average Bonchev–Trinajstić information content (AvgIpc) is 2.67. The van der Waals surface area contributed by atoms with Crippen LogP contribution in [0.3, 0.4) is 0 Å². The van der Waals surface area contributed by atoms with Crippen LogP contribution < -0.4 is 5.32 Å². The van der Waals surface area contributed by atoms with Crippen LogP contribution in [-0.4, -0.2) is 47.7 Å². The third kappa shape index (κ3) is 5.50. The van der Waals surface area contributed by atoms with Gasteiger partial charge in [0.2, 0.25) is 0 Å². The van der Waals surface area contributed by atoms with Crippen LogP contribution in [0.15, 0.2) is 0 Å². The predicted molar refractivity (Wildman–Crippen MR) is 69.2 cm³/mol. The Balaban J connectivity index is 2.48. The second kappa shape index (κ2) is 6.97. The Hall–Kier alpha value is -0.610. The fourth-order valence-corrected chi connectivity index (χ4v) is 2.48. The predicted octanol–water partition coefficient (Wildman–Crippen LogP) is 1.56. The molecule has 1 rings (SSSR count). The van der Waals surface area contributed by atoms with Gasteiger partial charge in [-0.3, -0.25) is 9.69 Å². The van der Waals surface area contributed by atoms with Crippen LogP contribution in [-0.2, 0) is 4.79 Å². The molecule has 17 heavy (non-hydrogen) atoms. The van der Waals surface area contributed by atoms with Gasteiger partial charge in [-0.05, 0) is 32.2 Å². The van der Waals surface area contributed by atoms with Crippen molar-refractivity contribution in [3.8, 4) is 0 Å². The van der Waals surface area contributed by atoms with Gasteiger partial charge < -0.3 is 10.4 Å². The van der Waals surface area contributed by atoms with E-state index in [0.29, 0.717) is 12.0 Å². The highest BCUT2D eigenvalue weighted by Gasteiger charge is 2.23. The molecule has 0 saturated carbocycles. The fraction of sp³-hybridized carbons (Fsp3) is 0.923. The Morgan fingerprint density at radius 1 is 1.47 bits per heavy atom. The summed E-state index contributed by atoms with van der Waals surface area (Å²) in [7, 11) is 0. The highest BCUT2D eigenvalue weighted by Crippen LogP contribution is 2.13. The molecular weight excluding hydrogens is 216 g/mol. The number of carbonyl (C=O) groups is 1. The zero-order valence-corrected chi connectivity index (χ0v) is 11.3. The van der Waals surface area contributed by atoms with E-state index in [1.807, 2.05) is 6.92 Å². The van der Waals surface area contributed by atoms with Crippen LogP contribution in [0.4, 0.5) is 0 Å². The van der Waals surface area contributed by atoms with E-state index in [1.165, 1.54) is 12.8 Å². The normalized spacial score (nSPS) is 22.3. The third-order valence-electron chi connectivity index (χ3n) is 3.31. The van der Waals surface area contributed by atoms with Crippen molar-refractivity contribution < 1.29 is 9.90 Å². The Morgan fingerprint density at radius 3 is 2.65 bits per heavy atom. The molecule has 0 bridgehead atoms. The Labute approximate surface area is 104 Å². The van der Waals surface area contributed by atoms with E-state index in [9.17, 15) is 4.79 Å². The van der Waals surface area contributed by atoms with Crippen molar-refractivity contribution in [2.75, 3.05) is 19.6 Å². The smallest absolute Gasteiger partial charge is 0.304 e. The number of rotatable bonds is 7. The van der Waals surface area contributed by atoms with Crippen molar-refractivity contribution >= 4 is 5.97 Å². The van der Waals surface area contributed by atoms with Gasteiger partial charge in [-0.25, -0.2) is 0 Å². The molecule has 0 aliphatic carbocycles. The summed E-state index contributed by atoms with van der Waals surface area (Å²) in [6.07, 6.45) is 2.70. The minimum absolute atomic E-state index is 0.122. The first-order valence-corrected chi connectivity index (χ1v) is 6.68. The number of hydrogen-bond acceptors (Lipinski definition) is 3. The van der Waals surface area contributed by atoms with Gasteiger partial charge in [0.05, 0.1) is 6.42 Å². The maximum atomic E-state index is 10.8. The Kier molecular flexibility index (Phi) is 5.92. The molecule has 1 aliphatic rings. The van der Waals surface area contributed by atoms with E-state index in [0.717, 1.165) is 19.6 Å². The summed E-state index contributed by atoms with van der Waals surface area (Å²) < 4.78 is 0. The molecule has 0 aromatic rings. The molecule has 100 valence electrons. The average molecular weight is 242 g/mol. The fourth-order valence-electron chi connectivity index (χ4n) is 2.48. The van der Waals surface area contributed by atoms with Gasteiger partial charge in [-0.2, -0.15) is 0 Å². The number of nitrogens with one attached hydrogen (secondary N) is 1. The van der Waals surface area contributed by atoms with E-state index in [2.05, 4.69) is 24.1 Å². The number of aliphatic carboxylic acids is 1. The molecule has 2 unspecified atom stereocenters. The first kappa shape index (κ1) is 14.5. The van der Waals surface area contributed by atoms with Gasteiger partial charge in [-0.1, -0.05) is 13.8 Å². The molecule has 1 heterocycles. The molecule has 1 aliphatic heterocycles. The lowest BCUT2D eigenvalue weighted by Crippen LogP contribution is -2.44. The molecule has 1 fully saturated rings. The first-order valence-electron chi connectivity index (χ1n) is 6.68.